The molecule has 136 valence electrons. The number of rotatable bonds is 7. The molecule has 0 saturated carbocycles. The van der Waals surface area contributed by atoms with Crippen LogP contribution >= 0.6 is 0 Å². The maximum absolute atomic E-state index is 12.5. The molecule has 1 aliphatic heterocycles. The SMILES string of the molecule is COc1cc(C)c(C)cc1S(=O)(=O)NCCS(=O)(=O)N1CCCC1. The summed E-state index contributed by atoms with van der Waals surface area (Å²) in [4.78, 5) is 0.0201. The number of hydrogen-bond donors (Lipinski definition) is 1. The lowest BCUT2D eigenvalue weighted by molar-refractivity contribution is 0.402. The predicted octanol–water partition coefficient (Wildman–Crippen LogP) is 1.02. The second-order valence-corrected chi connectivity index (χ2v) is 9.73. The summed E-state index contributed by atoms with van der Waals surface area (Å²) in [6.07, 6.45) is 1.70. The molecule has 0 aromatic heterocycles. The molecule has 0 unspecified atom stereocenters. The fraction of sp³-hybridized carbons (Fsp3) is 0.600. The van der Waals surface area contributed by atoms with E-state index in [1.54, 1.807) is 6.07 Å². The zero-order valence-corrected chi connectivity index (χ0v) is 15.8. The van der Waals surface area contributed by atoms with Gasteiger partial charge in [-0.2, -0.15) is 0 Å². The van der Waals surface area contributed by atoms with Gasteiger partial charge in [-0.1, -0.05) is 0 Å². The summed E-state index contributed by atoms with van der Waals surface area (Å²) in [6.45, 7) is 4.54. The fourth-order valence-electron chi connectivity index (χ4n) is 2.61. The average molecular weight is 377 g/mol. The number of hydrogen-bond acceptors (Lipinski definition) is 5. The summed E-state index contributed by atoms with van der Waals surface area (Å²) in [5, 5.41) is 0. The first-order valence-corrected chi connectivity index (χ1v) is 10.9. The van der Waals surface area contributed by atoms with Crippen molar-refractivity contribution >= 4 is 20.0 Å². The summed E-state index contributed by atoms with van der Waals surface area (Å²) >= 11 is 0. The third-order valence-corrected chi connectivity index (χ3v) is 7.53. The van der Waals surface area contributed by atoms with Crippen LogP contribution in [0.2, 0.25) is 0 Å². The minimum absolute atomic E-state index is 0.0201. The number of sulfonamides is 2. The van der Waals surface area contributed by atoms with Crippen molar-refractivity contribution in [2.24, 2.45) is 0 Å². The van der Waals surface area contributed by atoms with Crippen LogP contribution in [0.4, 0.5) is 0 Å². The molecule has 9 heteroatoms. The molecule has 0 radical (unpaired) electrons. The zero-order valence-electron chi connectivity index (χ0n) is 14.2. The maximum atomic E-state index is 12.5. The molecule has 1 aliphatic rings. The highest BCUT2D eigenvalue weighted by molar-refractivity contribution is 7.90. The van der Waals surface area contributed by atoms with Crippen molar-refractivity contribution in [1.82, 2.24) is 9.03 Å². The highest BCUT2D eigenvalue weighted by Crippen LogP contribution is 2.27. The molecule has 7 nitrogen and oxygen atoms in total. The molecule has 24 heavy (non-hydrogen) atoms. The van der Waals surface area contributed by atoms with E-state index in [1.165, 1.54) is 17.5 Å². The van der Waals surface area contributed by atoms with Gasteiger partial charge in [-0.15, -0.1) is 0 Å². The van der Waals surface area contributed by atoms with E-state index < -0.39 is 20.0 Å². The van der Waals surface area contributed by atoms with Crippen LogP contribution in [0.3, 0.4) is 0 Å². The molecule has 1 fully saturated rings. The van der Waals surface area contributed by atoms with Crippen LogP contribution in [-0.4, -0.2) is 53.6 Å². The zero-order chi connectivity index (χ0) is 18.0. The third-order valence-electron chi connectivity index (χ3n) is 4.18. The number of benzene rings is 1. The Hall–Kier alpha value is -1.16. The molecule has 0 atom stereocenters. The molecule has 2 rings (SSSR count). The van der Waals surface area contributed by atoms with Crippen molar-refractivity contribution in [3.8, 4) is 5.75 Å². The van der Waals surface area contributed by atoms with Crippen LogP contribution in [0.15, 0.2) is 17.0 Å². The lowest BCUT2D eigenvalue weighted by atomic mass is 10.1. The first-order valence-electron chi connectivity index (χ1n) is 7.80. The standard InChI is InChI=1S/C15H24N2O5S2/c1-12-10-14(22-3)15(11-13(12)2)24(20,21)16-6-9-23(18,19)17-7-4-5-8-17/h10-11,16H,4-9H2,1-3H3. The van der Waals surface area contributed by atoms with Gasteiger partial charge in [0.05, 0.1) is 12.9 Å². The van der Waals surface area contributed by atoms with Crippen LogP contribution in [-0.2, 0) is 20.0 Å². The van der Waals surface area contributed by atoms with Gasteiger partial charge in [0.15, 0.2) is 0 Å². The van der Waals surface area contributed by atoms with Crippen molar-refractivity contribution < 1.29 is 21.6 Å². The van der Waals surface area contributed by atoms with Crippen LogP contribution in [0.25, 0.3) is 0 Å². The van der Waals surface area contributed by atoms with Gasteiger partial charge < -0.3 is 4.74 Å². The molecule has 1 saturated heterocycles. The molecule has 0 aliphatic carbocycles. The minimum Gasteiger partial charge on any atom is -0.495 e. The summed E-state index contributed by atoms with van der Waals surface area (Å²) in [5.41, 5.74) is 1.74. The highest BCUT2D eigenvalue weighted by atomic mass is 32.2. The van der Waals surface area contributed by atoms with Gasteiger partial charge in [0.1, 0.15) is 10.6 Å². The van der Waals surface area contributed by atoms with Crippen molar-refractivity contribution in [3.05, 3.63) is 23.3 Å². The van der Waals surface area contributed by atoms with E-state index in [2.05, 4.69) is 4.72 Å². The lowest BCUT2D eigenvalue weighted by Crippen LogP contribution is -2.36. The number of nitrogens with one attached hydrogen (secondary N) is 1. The van der Waals surface area contributed by atoms with Crippen LogP contribution in [0, 0.1) is 13.8 Å². The molecular weight excluding hydrogens is 352 g/mol. The van der Waals surface area contributed by atoms with E-state index in [1.807, 2.05) is 13.8 Å². The topological polar surface area (TPSA) is 92.8 Å². The monoisotopic (exact) mass is 376 g/mol. The second-order valence-electron chi connectivity index (χ2n) is 5.91. The van der Waals surface area contributed by atoms with Gasteiger partial charge in [0.2, 0.25) is 20.0 Å². The Morgan fingerprint density at radius 2 is 1.67 bits per heavy atom. The Morgan fingerprint density at radius 3 is 2.25 bits per heavy atom. The van der Waals surface area contributed by atoms with E-state index in [0.29, 0.717) is 13.1 Å². The fourth-order valence-corrected chi connectivity index (χ4v) is 5.44. The molecule has 0 spiro atoms. The normalized spacial score (nSPS) is 16.5. The number of nitrogens with zero attached hydrogens (tertiary/aromatic N) is 1. The Bertz CT molecular complexity index is 797. The highest BCUT2D eigenvalue weighted by Gasteiger charge is 2.26. The minimum atomic E-state index is -3.85. The van der Waals surface area contributed by atoms with E-state index in [0.717, 1.165) is 24.0 Å². The Kier molecular flexibility index (Phi) is 5.90. The second kappa shape index (κ2) is 7.38. The summed E-state index contributed by atoms with van der Waals surface area (Å²) in [6, 6.07) is 3.19. The smallest absolute Gasteiger partial charge is 0.244 e. The molecule has 0 bridgehead atoms. The molecular formula is C15H24N2O5S2. The molecule has 1 aromatic rings. The number of aryl methyl sites for hydroxylation is 2. The molecule has 0 amide bonds. The van der Waals surface area contributed by atoms with Crippen molar-refractivity contribution in [3.63, 3.8) is 0 Å². The van der Waals surface area contributed by atoms with E-state index in [-0.39, 0.29) is 22.9 Å². The van der Waals surface area contributed by atoms with Crippen LogP contribution in [0.1, 0.15) is 24.0 Å². The summed E-state index contributed by atoms with van der Waals surface area (Å²) in [5.74, 6) is -0.00709. The number of methoxy groups -OCH3 is 1. The Labute approximate surface area is 144 Å². The molecule has 1 N–H and O–H groups in total. The number of ether oxygens (including phenoxy) is 1. The molecule has 1 aromatic carbocycles. The van der Waals surface area contributed by atoms with E-state index in [9.17, 15) is 16.8 Å². The van der Waals surface area contributed by atoms with Gasteiger partial charge in [-0.05, 0) is 49.9 Å². The van der Waals surface area contributed by atoms with Crippen molar-refractivity contribution in [2.75, 3.05) is 32.5 Å². The van der Waals surface area contributed by atoms with Gasteiger partial charge >= 0.3 is 0 Å². The van der Waals surface area contributed by atoms with Crippen LogP contribution in [0.5, 0.6) is 5.75 Å². The van der Waals surface area contributed by atoms with Crippen molar-refractivity contribution in [1.29, 1.82) is 0 Å². The average Bonchev–Trinajstić information content (AvgIpc) is 3.04. The van der Waals surface area contributed by atoms with Gasteiger partial charge in [-0.3, -0.25) is 0 Å². The maximum Gasteiger partial charge on any atom is 0.244 e. The predicted molar refractivity (Wildman–Crippen MR) is 92.3 cm³/mol. The summed E-state index contributed by atoms with van der Waals surface area (Å²) < 4.78 is 58.2. The lowest BCUT2D eigenvalue weighted by Gasteiger charge is -2.16. The first kappa shape index (κ1) is 19.2. The third kappa shape index (κ3) is 4.27. The molecule has 1 heterocycles. The first-order chi connectivity index (χ1) is 11.2. The largest absolute Gasteiger partial charge is 0.495 e. The Balaban J connectivity index is 2.10. The van der Waals surface area contributed by atoms with Gasteiger partial charge in [0, 0.05) is 19.6 Å². The summed E-state index contributed by atoms with van der Waals surface area (Å²) in [7, 11) is -5.86. The quantitative estimate of drug-likeness (QED) is 0.767. The van der Waals surface area contributed by atoms with E-state index in [4.69, 9.17) is 4.74 Å². The van der Waals surface area contributed by atoms with Crippen LogP contribution < -0.4 is 9.46 Å². The van der Waals surface area contributed by atoms with Gasteiger partial charge in [0.25, 0.3) is 0 Å². The van der Waals surface area contributed by atoms with E-state index >= 15 is 0 Å². The Morgan fingerprint density at radius 1 is 1.08 bits per heavy atom. The van der Waals surface area contributed by atoms with Gasteiger partial charge in [-0.25, -0.2) is 25.9 Å². The van der Waals surface area contributed by atoms with Crippen molar-refractivity contribution in [2.45, 2.75) is 31.6 Å².